The summed E-state index contributed by atoms with van der Waals surface area (Å²) in [6.45, 7) is 0. The number of Topliss-reactive ketones (excluding diaryl/α,β-unsaturated/α-hetero) is 1. The minimum atomic E-state index is -0.121. The Balaban J connectivity index is 2.19. The fourth-order valence-electron chi connectivity index (χ4n) is 2.19. The van der Waals surface area contributed by atoms with Crippen molar-refractivity contribution in [3.63, 3.8) is 0 Å². The Morgan fingerprint density at radius 2 is 1.89 bits per heavy atom. The molecule has 0 aliphatic rings. The van der Waals surface area contributed by atoms with Gasteiger partial charge in [-0.15, -0.1) is 0 Å². The molecule has 0 saturated heterocycles. The molecular weight excluding hydrogens is 236 g/mol. The molecule has 1 heterocycles. The van der Waals surface area contributed by atoms with Gasteiger partial charge in [0, 0.05) is 25.0 Å². The van der Waals surface area contributed by atoms with Crippen LogP contribution in [0.5, 0.6) is 0 Å². The number of aromatic nitrogens is 1. The van der Waals surface area contributed by atoms with E-state index in [1.54, 1.807) is 0 Å². The normalized spacial score (nSPS) is 12.6. The Bertz CT molecular complexity index is 543. The zero-order chi connectivity index (χ0) is 13.8. The summed E-state index contributed by atoms with van der Waals surface area (Å²) >= 11 is 0. The molecule has 0 spiro atoms. The van der Waals surface area contributed by atoms with Gasteiger partial charge in [-0.3, -0.25) is 9.69 Å². The van der Waals surface area contributed by atoms with E-state index in [9.17, 15) is 4.79 Å². The van der Waals surface area contributed by atoms with Crippen molar-refractivity contribution < 1.29 is 4.79 Å². The maximum atomic E-state index is 12.5. The van der Waals surface area contributed by atoms with Gasteiger partial charge in [0.15, 0.2) is 5.78 Å². The summed E-state index contributed by atoms with van der Waals surface area (Å²) in [6, 6.07) is 11.9. The maximum absolute atomic E-state index is 12.5. The lowest BCUT2D eigenvalue weighted by atomic mass is 9.98. The summed E-state index contributed by atoms with van der Waals surface area (Å²) in [5, 5.41) is 0. The summed E-state index contributed by atoms with van der Waals surface area (Å²) in [4.78, 5) is 14.5. The van der Waals surface area contributed by atoms with E-state index in [2.05, 4.69) is 12.1 Å². The van der Waals surface area contributed by atoms with E-state index >= 15 is 0 Å². The molecule has 0 aliphatic carbocycles. The first kappa shape index (κ1) is 13.6. The highest BCUT2D eigenvalue weighted by atomic mass is 16.1. The zero-order valence-electron chi connectivity index (χ0n) is 11.7. The van der Waals surface area contributed by atoms with Gasteiger partial charge in [0.05, 0.1) is 6.04 Å². The summed E-state index contributed by atoms with van der Waals surface area (Å²) in [5.41, 5.74) is 1.96. The summed E-state index contributed by atoms with van der Waals surface area (Å²) < 4.78 is 1.91. The Morgan fingerprint density at radius 1 is 1.21 bits per heavy atom. The largest absolute Gasteiger partial charge is 0.357 e. The molecule has 3 nitrogen and oxygen atoms in total. The van der Waals surface area contributed by atoms with Gasteiger partial charge in [-0.1, -0.05) is 30.3 Å². The number of carbonyl (C=O) groups is 1. The summed E-state index contributed by atoms with van der Waals surface area (Å²) in [7, 11) is 5.83. The molecule has 1 aromatic carbocycles. The molecular formula is C16H20N2O. The van der Waals surface area contributed by atoms with Crippen molar-refractivity contribution in [2.75, 3.05) is 14.1 Å². The number of ketones is 1. The van der Waals surface area contributed by atoms with Crippen LogP contribution in [0.4, 0.5) is 0 Å². The van der Waals surface area contributed by atoms with E-state index in [1.807, 2.05) is 67.3 Å². The topological polar surface area (TPSA) is 25.2 Å². The fourth-order valence-corrected chi connectivity index (χ4v) is 2.19. The average molecular weight is 256 g/mol. The van der Waals surface area contributed by atoms with Crippen molar-refractivity contribution in [2.24, 2.45) is 7.05 Å². The van der Waals surface area contributed by atoms with Gasteiger partial charge in [-0.05, 0) is 32.1 Å². The molecule has 0 amide bonds. The molecule has 0 saturated carbocycles. The molecule has 1 unspecified atom stereocenters. The third kappa shape index (κ3) is 3.32. The molecule has 0 N–H and O–H groups in total. The van der Waals surface area contributed by atoms with Crippen LogP contribution < -0.4 is 0 Å². The lowest BCUT2D eigenvalue weighted by Crippen LogP contribution is -2.37. The van der Waals surface area contributed by atoms with Gasteiger partial charge in [-0.2, -0.15) is 0 Å². The number of benzene rings is 1. The molecule has 2 rings (SSSR count). The van der Waals surface area contributed by atoms with Crippen LogP contribution >= 0.6 is 0 Å². The Kier molecular flexibility index (Phi) is 4.17. The first-order chi connectivity index (χ1) is 9.08. The molecule has 100 valence electrons. The van der Waals surface area contributed by atoms with Gasteiger partial charge in [-0.25, -0.2) is 0 Å². The maximum Gasteiger partial charge on any atom is 0.181 e. The molecule has 19 heavy (non-hydrogen) atoms. The molecule has 1 aromatic heterocycles. The lowest BCUT2D eigenvalue weighted by molar-refractivity contribution is 0.0875. The van der Waals surface area contributed by atoms with E-state index in [-0.39, 0.29) is 11.8 Å². The van der Waals surface area contributed by atoms with Gasteiger partial charge >= 0.3 is 0 Å². The van der Waals surface area contributed by atoms with Crippen molar-refractivity contribution in [1.82, 2.24) is 9.47 Å². The number of hydrogen-bond donors (Lipinski definition) is 0. The number of nitrogens with zero attached hydrogens (tertiary/aromatic N) is 2. The highest BCUT2D eigenvalue weighted by Crippen LogP contribution is 2.13. The van der Waals surface area contributed by atoms with Crippen molar-refractivity contribution in [1.29, 1.82) is 0 Å². The van der Waals surface area contributed by atoms with Crippen LogP contribution in [0.15, 0.2) is 48.8 Å². The van der Waals surface area contributed by atoms with Crippen LogP contribution in [0.3, 0.4) is 0 Å². The molecule has 1 atom stereocenters. The molecule has 0 aliphatic heterocycles. The third-order valence-corrected chi connectivity index (χ3v) is 3.31. The second kappa shape index (κ2) is 5.85. The monoisotopic (exact) mass is 256 g/mol. The second-order valence-electron chi connectivity index (χ2n) is 5.10. The zero-order valence-corrected chi connectivity index (χ0v) is 11.7. The average Bonchev–Trinajstić information content (AvgIpc) is 2.83. The van der Waals surface area contributed by atoms with Crippen molar-refractivity contribution >= 4 is 5.78 Å². The summed E-state index contributed by atoms with van der Waals surface area (Å²) in [6.07, 6.45) is 4.52. The standard InChI is InChI=1S/C16H20N2O/c1-17(2)15(11-13-7-5-4-6-8-13)16(19)14-9-10-18(3)12-14/h4-10,12,15H,11H2,1-3H3. The van der Waals surface area contributed by atoms with Gasteiger partial charge in [0.2, 0.25) is 0 Å². The minimum absolute atomic E-state index is 0.121. The molecule has 0 fully saturated rings. The molecule has 3 heteroatoms. The SMILES string of the molecule is CN(C)C(Cc1ccccc1)C(=O)c1ccn(C)c1. The third-order valence-electron chi connectivity index (χ3n) is 3.31. The highest BCUT2D eigenvalue weighted by Gasteiger charge is 2.23. The second-order valence-corrected chi connectivity index (χ2v) is 5.10. The van der Waals surface area contributed by atoms with Gasteiger partial charge in [0.25, 0.3) is 0 Å². The van der Waals surface area contributed by atoms with Crippen LogP contribution in [-0.2, 0) is 13.5 Å². The predicted molar refractivity (Wildman–Crippen MR) is 77.4 cm³/mol. The Morgan fingerprint density at radius 3 is 2.42 bits per heavy atom. The van der Waals surface area contributed by atoms with Crippen molar-refractivity contribution in [3.8, 4) is 0 Å². The number of likely N-dealkylation sites (N-methyl/N-ethyl adjacent to an activating group) is 1. The highest BCUT2D eigenvalue weighted by molar-refractivity contribution is 6.00. The molecule has 0 bridgehead atoms. The van der Waals surface area contributed by atoms with Gasteiger partial charge in [0.1, 0.15) is 0 Å². The first-order valence-corrected chi connectivity index (χ1v) is 6.44. The van der Waals surface area contributed by atoms with Crippen LogP contribution in [0.25, 0.3) is 0 Å². The Labute approximate surface area is 114 Å². The number of aryl methyl sites for hydroxylation is 1. The predicted octanol–water partition coefficient (Wildman–Crippen LogP) is 2.38. The van der Waals surface area contributed by atoms with Crippen LogP contribution in [0.1, 0.15) is 15.9 Å². The van der Waals surface area contributed by atoms with Crippen LogP contribution in [0.2, 0.25) is 0 Å². The van der Waals surface area contributed by atoms with Crippen molar-refractivity contribution in [2.45, 2.75) is 12.5 Å². The van der Waals surface area contributed by atoms with E-state index < -0.39 is 0 Å². The smallest absolute Gasteiger partial charge is 0.181 e. The summed E-state index contributed by atoms with van der Waals surface area (Å²) in [5.74, 6) is 0.175. The van der Waals surface area contributed by atoms with Crippen LogP contribution in [0, 0.1) is 0 Å². The van der Waals surface area contributed by atoms with Crippen molar-refractivity contribution in [3.05, 3.63) is 59.9 Å². The molecule has 0 radical (unpaired) electrons. The minimum Gasteiger partial charge on any atom is -0.357 e. The lowest BCUT2D eigenvalue weighted by Gasteiger charge is -2.22. The van der Waals surface area contributed by atoms with E-state index in [0.29, 0.717) is 0 Å². The van der Waals surface area contributed by atoms with E-state index in [4.69, 9.17) is 0 Å². The number of carbonyl (C=O) groups excluding carboxylic acids is 1. The fraction of sp³-hybridized carbons (Fsp3) is 0.312. The Hall–Kier alpha value is -1.87. The number of rotatable bonds is 5. The van der Waals surface area contributed by atoms with Crippen LogP contribution in [-0.4, -0.2) is 35.4 Å². The van der Waals surface area contributed by atoms with Gasteiger partial charge < -0.3 is 4.57 Å². The first-order valence-electron chi connectivity index (χ1n) is 6.44. The number of hydrogen-bond acceptors (Lipinski definition) is 2. The van der Waals surface area contributed by atoms with E-state index in [1.165, 1.54) is 5.56 Å². The quantitative estimate of drug-likeness (QED) is 0.767. The van der Waals surface area contributed by atoms with E-state index in [0.717, 1.165) is 12.0 Å². The molecule has 2 aromatic rings.